The first-order chi connectivity index (χ1) is 11.6. The van der Waals surface area contributed by atoms with E-state index < -0.39 is 0 Å². The minimum Gasteiger partial charge on any atom is -0.341 e. The van der Waals surface area contributed by atoms with E-state index >= 15 is 0 Å². The largest absolute Gasteiger partial charge is 0.341 e. The third kappa shape index (κ3) is 2.12. The minimum atomic E-state index is -0.308. The number of aromatic nitrogens is 2. The van der Waals surface area contributed by atoms with Crippen LogP contribution >= 0.6 is 0 Å². The third-order valence-corrected chi connectivity index (χ3v) is 6.26. The predicted octanol–water partition coefficient (Wildman–Crippen LogP) is 3.58. The Morgan fingerprint density at radius 2 is 1.96 bits per heavy atom. The van der Waals surface area contributed by atoms with Crippen molar-refractivity contribution in [1.82, 2.24) is 15.1 Å². The average Bonchev–Trinajstić information content (AvgIpc) is 2.87. The van der Waals surface area contributed by atoms with Crippen LogP contribution in [0.5, 0.6) is 0 Å². The van der Waals surface area contributed by atoms with Crippen LogP contribution in [-0.4, -0.2) is 28.1 Å². The molecule has 0 radical (unpaired) electrons. The highest BCUT2D eigenvalue weighted by Gasteiger charge is 2.72. The van der Waals surface area contributed by atoms with Gasteiger partial charge in [-0.05, 0) is 37.2 Å². The van der Waals surface area contributed by atoms with Crippen LogP contribution in [0.25, 0.3) is 0 Å². The smallest absolute Gasteiger partial charge is 0.233 e. The Morgan fingerprint density at radius 1 is 1.25 bits per heavy atom. The molecule has 0 bridgehead atoms. The van der Waals surface area contributed by atoms with Crippen molar-refractivity contribution in [2.75, 3.05) is 7.05 Å². The number of hydrogen-bond acceptors (Lipinski definition) is 2. The lowest BCUT2D eigenvalue weighted by Crippen LogP contribution is -2.39. The summed E-state index contributed by atoms with van der Waals surface area (Å²) in [5.74, 6) is 0.274. The first kappa shape index (κ1) is 15.4. The van der Waals surface area contributed by atoms with Gasteiger partial charge >= 0.3 is 0 Å². The molecule has 1 amide bonds. The molecule has 1 heterocycles. The highest BCUT2D eigenvalue weighted by Crippen LogP contribution is 2.72. The number of benzene rings is 1. The number of nitrogens with one attached hydrogen (secondary N) is 1. The lowest BCUT2D eigenvalue weighted by molar-refractivity contribution is -0.134. The van der Waals surface area contributed by atoms with Crippen molar-refractivity contribution in [3.8, 4) is 0 Å². The Labute approximate surface area is 143 Å². The molecule has 2 fully saturated rings. The molecule has 1 unspecified atom stereocenters. The second-order valence-electron chi connectivity index (χ2n) is 7.62. The highest BCUT2D eigenvalue weighted by atomic mass is 16.2. The number of carbonyl (C=O) groups excluding carboxylic acids is 1. The van der Waals surface area contributed by atoms with Crippen molar-refractivity contribution in [3.05, 3.63) is 53.3 Å². The van der Waals surface area contributed by atoms with E-state index in [1.807, 2.05) is 31.1 Å². The summed E-state index contributed by atoms with van der Waals surface area (Å²) in [5, 5.41) is 7.04. The van der Waals surface area contributed by atoms with E-state index in [0.29, 0.717) is 6.54 Å². The zero-order chi connectivity index (χ0) is 16.8. The standard InChI is InChI=1S/C20H25N3O/c1-15-16(12-21-22-15)13-23(2)18(24)20(17-8-4-3-5-9-17)14-19(20)10-6-7-11-19/h3-5,8-9,12H,6-7,10-11,13-14H2,1-2H3,(H,21,22). The molecule has 4 rings (SSSR count). The summed E-state index contributed by atoms with van der Waals surface area (Å²) in [6.45, 7) is 2.62. The van der Waals surface area contributed by atoms with Gasteiger partial charge in [0.1, 0.15) is 0 Å². The molecular weight excluding hydrogens is 298 g/mol. The SMILES string of the molecule is Cc1[nH]ncc1CN(C)C(=O)C1(c2ccccc2)CC12CCCC2. The summed E-state index contributed by atoms with van der Waals surface area (Å²) in [5.41, 5.74) is 3.22. The van der Waals surface area contributed by atoms with E-state index in [4.69, 9.17) is 0 Å². The van der Waals surface area contributed by atoms with Crippen LogP contribution in [0.4, 0.5) is 0 Å². The molecule has 24 heavy (non-hydrogen) atoms. The summed E-state index contributed by atoms with van der Waals surface area (Å²) in [7, 11) is 1.93. The summed E-state index contributed by atoms with van der Waals surface area (Å²) in [4.78, 5) is 15.4. The molecule has 2 aliphatic rings. The van der Waals surface area contributed by atoms with Gasteiger partial charge in [0.2, 0.25) is 5.91 Å². The predicted molar refractivity (Wildman–Crippen MR) is 93.4 cm³/mol. The zero-order valence-corrected chi connectivity index (χ0v) is 14.5. The van der Waals surface area contributed by atoms with Gasteiger partial charge in [0.15, 0.2) is 0 Å². The molecule has 1 atom stereocenters. The maximum atomic E-state index is 13.5. The van der Waals surface area contributed by atoms with Gasteiger partial charge in [0, 0.05) is 24.8 Å². The number of carbonyl (C=O) groups is 1. The molecule has 0 aliphatic heterocycles. The number of likely N-dealkylation sites (N-methyl/N-ethyl adjacent to an activating group) is 1. The zero-order valence-electron chi connectivity index (χ0n) is 14.5. The molecule has 2 aromatic rings. The van der Waals surface area contributed by atoms with E-state index in [1.165, 1.54) is 31.2 Å². The fraction of sp³-hybridized carbons (Fsp3) is 0.500. The second kappa shape index (κ2) is 5.47. The fourth-order valence-electron chi connectivity index (χ4n) is 4.86. The first-order valence-electron chi connectivity index (χ1n) is 8.89. The summed E-state index contributed by atoms with van der Waals surface area (Å²) in [6.07, 6.45) is 7.72. The van der Waals surface area contributed by atoms with Gasteiger partial charge < -0.3 is 4.90 Å². The Morgan fingerprint density at radius 3 is 2.58 bits per heavy atom. The number of aryl methyl sites for hydroxylation is 1. The van der Waals surface area contributed by atoms with Crippen LogP contribution in [0.3, 0.4) is 0 Å². The third-order valence-electron chi connectivity index (χ3n) is 6.26. The van der Waals surface area contributed by atoms with Crippen molar-refractivity contribution in [2.45, 2.75) is 51.0 Å². The molecule has 1 aromatic heterocycles. The van der Waals surface area contributed by atoms with Gasteiger partial charge in [0.05, 0.1) is 11.6 Å². The fourth-order valence-corrected chi connectivity index (χ4v) is 4.86. The Hall–Kier alpha value is -2.10. The van der Waals surface area contributed by atoms with Gasteiger partial charge in [-0.1, -0.05) is 43.2 Å². The van der Waals surface area contributed by atoms with Crippen LogP contribution < -0.4 is 0 Å². The monoisotopic (exact) mass is 323 g/mol. The molecule has 4 heteroatoms. The van der Waals surface area contributed by atoms with Gasteiger partial charge in [-0.25, -0.2) is 0 Å². The number of aromatic amines is 1. The van der Waals surface area contributed by atoms with E-state index in [9.17, 15) is 4.79 Å². The topological polar surface area (TPSA) is 49.0 Å². The van der Waals surface area contributed by atoms with E-state index in [-0.39, 0.29) is 16.7 Å². The highest BCUT2D eigenvalue weighted by molar-refractivity contribution is 5.93. The molecular formula is C20H25N3O. The molecule has 1 spiro atoms. The van der Waals surface area contributed by atoms with Crippen molar-refractivity contribution < 1.29 is 4.79 Å². The lowest BCUT2D eigenvalue weighted by atomic mass is 9.83. The van der Waals surface area contributed by atoms with Gasteiger partial charge in [-0.15, -0.1) is 0 Å². The van der Waals surface area contributed by atoms with Crippen LogP contribution in [-0.2, 0) is 16.8 Å². The van der Waals surface area contributed by atoms with Crippen LogP contribution in [0.2, 0.25) is 0 Å². The molecule has 1 aromatic carbocycles. The van der Waals surface area contributed by atoms with E-state index in [1.54, 1.807) is 0 Å². The molecule has 2 saturated carbocycles. The van der Waals surface area contributed by atoms with Gasteiger partial charge in [0.25, 0.3) is 0 Å². The number of H-pyrrole nitrogens is 1. The number of amides is 1. The molecule has 4 nitrogen and oxygen atoms in total. The molecule has 1 N–H and O–H groups in total. The molecule has 2 aliphatic carbocycles. The average molecular weight is 323 g/mol. The van der Waals surface area contributed by atoms with Crippen molar-refractivity contribution in [2.24, 2.45) is 5.41 Å². The second-order valence-corrected chi connectivity index (χ2v) is 7.62. The number of nitrogens with zero attached hydrogens (tertiary/aromatic N) is 2. The summed E-state index contributed by atoms with van der Waals surface area (Å²) >= 11 is 0. The van der Waals surface area contributed by atoms with E-state index in [2.05, 4.69) is 34.5 Å². The lowest BCUT2D eigenvalue weighted by Gasteiger charge is -2.28. The van der Waals surface area contributed by atoms with Crippen LogP contribution in [0, 0.1) is 12.3 Å². The Bertz CT molecular complexity index is 745. The van der Waals surface area contributed by atoms with Crippen LogP contribution in [0.15, 0.2) is 36.5 Å². The number of hydrogen-bond donors (Lipinski definition) is 1. The maximum absolute atomic E-state index is 13.5. The molecule has 126 valence electrons. The van der Waals surface area contributed by atoms with Gasteiger partial charge in [-0.2, -0.15) is 5.10 Å². The minimum absolute atomic E-state index is 0.200. The normalized spacial score (nSPS) is 24.2. The summed E-state index contributed by atoms with van der Waals surface area (Å²) < 4.78 is 0. The van der Waals surface area contributed by atoms with E-state index in [0.717, 1.165) is 17.7 Å². The summed E-state index contributed by atoms with van der Waals surface area (Å²) in [6, 6.07) is 10.4. The van der Waals surface area contributed by atoms with Crippen molar-refractivity contribution in [3.63, 3.8) is 0 Å². The Kier molecular flexibility index (Phi) is 3.52. The van der Waals surface area contributed by atoms with Crippen LogP contribution in [0.1, 0.15) is 48.9 Å². The van der Waals surface area contributed by atoms with Gasteiger partial charge in [-0.3, -0.25) is 9.89 Å². The van der Waals surface area contributed by atoms with Crippen molar-refractivity contribution >= 4 is 5.91 Å². The van der Waals surface area contributed by atoms with Crippen molar-refractivity contribution in [1.29, 1.82) is 0 Å². The quantitative estimate of drug-likeness (QED) is 0.935. The Balaban J connectivity index is 1.65. The molecule has 0 saturated heterocycles. The maximum Gasteiger partial charge on any atom is 0.233 e. The number of rotatable bonds is 4. The first-order valence-corrected chi connectivity index (χ1v) is 8.89.